The number of nitrogens with one attached hydrogen (secondary N) is 1. The van der Waals surface area contributed by atoms with Crippen molar-refractivity contribution in [2.24, 2.45) is 0 Å². The van der Waals surface area contributed by atoms with Crippen LogP contribution in [0.4, 0.5) is 0 Å². The van der Waals surface area contributed by atoms with Gasteiger partial charge in [-0.05, 0) is 49.1 Å². The molecule has 0 fully saturated rings. The highest BCUT2D eigenvalue weighted by atomic mass is 32.2. The standard InChI is InChI=1S/C20H19NO3S/c1-14-18(13-16-9-5-3-6-10-16)15(2)21-20(22)19(14)25(23,24)17-11-7-4-8-12-17/h3-12H,13H2,1-2H3,(H,21,22). The summed E-state index contributed by atoms with van der Waals surface area (Å²) in [4.78, 5) is 15.1. The Bertz CT molecular complexity index is 1050. The number of hydrogen-bond donors (Lipinski definition) is 1. The van der Waals surface area contributed by atoms with Gasteiger partial charge >= 0.3 is 0 Å². The lowest BCUT2D eigenvalue weighted by atomic mass is 10.00. The quantitative estimate of drug-likeness (QED) is 0.781. The van der Waals surface area contributed by atoms with Crippen LogP contribution in [0.3, 0.4) is 0 Å². The van der Waals surface area contributed by atoms with Gasteiger partial charge in [0.15, 0.2) is 0 Å². The predicted molar refractivity (Wildman–Crippen MR) is 97.7 cm³/mol. The molecule has 3 aromatic rings. The van der Waals surface area contributed by atoms with Gasteiger partial charge in [-0.3, -0.25) is 4.79 Å². The average Bonchev–Trinajstić information content (AvgIpc) is 2.60. The van der Waals surface area contributed by atoms with E-state index in [1.165, 1.54) is 12.1 Å². The molecule has 0 amide bonds. The fourth-order valence-corrected chi connectivity index (χ4v) is 4.57. The van der Waals surface area contributed by atoms with Crippen LogP contribution in [0.1, 0.15) is 22.4 Å². The van der Waals surface area contributed by atoms with Gasteiger partial charge in [-0.15, -0.1) is 0 Å². The van der Waals surface area contributed by atoms with E-state index in [0.717, 1.165) is 11.1 Å². The van der Waals surface area contributed by atoms with E-state index < -0.39 is 15.4 Å². The minimum atomic E-state index is -3.88. The lowest BCUT2D eigenvalue weighted by Crippen LogP contribution is -2.22. The maximum absolute atomic E-state index is 13.0. The van der Waals surface area contributed by atoms with Crippen LogP contribution in [0.2, 0.25) is 0 Å². The number of H-pyrrole nitrogens is 1. The smallest absolute Gasteiger partial charge is 0.267 e. The molecule has 128 valence electrons. The SMILES string of the molecule is Cc1[nH]c(=O)c(S(=O)(=O)c2ccccc2)c(C)c1Cc1ccccc1. The largest absolute Gasteiger partial charge is 0.325 e. The molecule has 0 atom stereocenters. The van der Waals surface area contributed by atoms with Crippen molar-refractivity contribution in [1.82, 2.24) is 4.98 Å². The molecule has 0 radical (unpaired) electrons. The van der Waals surface area contributed by atoms with Crippen molar-refractivity contribution in [2.75, 3.05) is 0 Å². The highest BCUT2D eigenvalue weighted by Gasteiger charge is 2.26. The number of pyridine rings is 1. The van der Waals surface area contributed by atoms with E-state index in [2.05, 4.69) is 4.98 Å². The van der Waals surface area contributed by atoms with E-state index in [0.29, 0.717) is 17.7 Å². The summed E-state index contributed by atoms with van der Waals surface area (Å²) < 4.78 is 25.9. The highest BCUT2D eigenvalue weighted by molar-refractivity contribution is 7.91. The number of sulfone groups is 1. The Balaban J connectivity index is 2.19. The zero-order valence-electron chi connectivity index (χ0n) is 14.1. The van der Waals surface area contributed by atoms with E-state index in [9.17, 15) is 13.2 Å². The van der Waals surface area contributed by atoms with Gasteiger partial charge in [-0.2, -0.15) is 0 Å². The molecule has 3 rings (SSSR count). The molecule has 0 saturated heterocycles. The maximum atomic E-state index is 13.0. The third-order valence-corrected chi connectivity index (χ3v) is 6.22. The second-order valence-electron chi connectivity index (χ2n) is 5.99. The Kier molecular flexibility index (Phi) is 4.59. The Hall–Kier alpha value is -2.66. The molecule has 1 aromatic heterocycles. The highest BCUT2D eigenvalue weighted by Crippen LogP contribution is 2.25. The fourth-order valence-electron chi connectivity index (χ4n) is 3.00. The Morgan fingerprint density at radius 2 is 1.44 bits per heavy atom. The van der Waals surface area contributed by atoms with E-state index in [-0.39, 0.29) is 9.79 Å². The monoisotopic (exact) mass is 353 g/mol. The first-order valence-electron chi connectivity index (χ1n) is 7.97. The summed E-state index contributed by atoms with van der Waals surface area (Å²) in [5, 5.41) is 0. The second kappa shape index (κ2) is 6.69. The summed E-state index contributed by atoms with van der Waals surface area (Å²) in [5.74, 6) is 0. The minimum absolute atomic E-state index is 0.123. The van der Waals surface area contributed by atoms with Gasteiger partial charge in [0.2, 0.25) is 9.84 Å². The van der Waals surface area contributed by atoms with Crippen molar-refractivity contribution in [2.45, 2.75) is 30.1 Å². The van der Waals surface area contributed by atoms with Gasteiger partial charge in [-0.25, -0.2) is 8.42 Å². The molecule has 0 saturated carbocycles. The molecule has 0 aliphatic carbocycles. The van der Waals surface area contributed by atoms with E-state index in [1.807, 2.05) is 30.3 Å². The summed E-state index contributed by atoms with van der Waals surface area (Å²) >= 11 is 0. The molecule has 0 spiro atoms. The van der Waals surface area contributed by atoms with E-state index in [1.54, 1.807) is 32.0 Å². The number of aryl methyl sites for hydroxylation is 1. The molecule has 25 heavy (non-hydrogen) atoms. The zero-order chi connectivity index (χ0) is 18.0. The summed E-state index contributed by atoms with van der Waals surface area (Å²) in [7, 11) is -3.88. The minimum Gasteiger partial charge on any atom is -0.325 e. The fraction of sp³-hybridized carbons (Fsp3) is 0.150. The lowest BCUT2D eigenvalue weighted by Gasteiger charge is -2.14. The van der Waals surface area contributed by atoms with Crippen molar-refractivity contribution < 1.29 is 8.42 Å². The average molecular weight is 353 g/mol. The molecule has 5 heteroatoms. The third kappa shape index (κ3) is 3.28. The lowest BCUT2D eigenvalue weighted by molar-refractivity contribution is 0.593. The van der Waals surface area contributed by atoms with Crippen molar-refractivity contribution in [3.05, 3.63) is 93.4 Å². The van der Waals surface area contributed by atoms with Crippen molar-refractivity contribution in [1.29, 1.82) is 0 Å². The van der Waals surface area contributed by atoms with E-state index >= 15 is 0 Å². The van der Waals surface area contributed by atoms with E-state index in [4.69, 9.17) is 0 Å². The number of rotatable bonds is 4. The van der Waals surface area contributed by atoms with Crippen molar-refractivity contribution in [3.63, 3.8) is 0 Å². The summed E-state index contributed by atoms with van der Waals surface area (Å²) in [5.41, 5.74) is 2.52. The van der Waals surface area contributed by atoms with Crippen LogP contribution >= 0.6 is 0 Å². The molecule has 2 aromatic carbocycles. The molecule has 4 nitrogen and oxygen atoms in total. The molecule has 1 heterocycles. The molecule has 1 N–H and O–H groups in total. The first kappa shape index (κ1) is 17.2. The van der Waals surface area contributed by atoms with Crippen LogP contribution in [-0.2, 0) is 16.3 Å². The molecule has 0 unspecified atom stereocenters. The zero-order valence-corrected chi connectivity index (χ0v) is 14.9. The predicted octanol–water partition coefficient (Wildman–Crippen LogP) is 3.42. The Morgan fingerprint density at radius 3 is 2.04 bits per heavy atom. The van der Waals surface area contributed by atoms with Crippen LogP contribution in [-0.4, -0.2) is 13.4 Å². The second-order valence-corrected chi connectivity index (χ2v) is 7.88. The first-order chi connectivity index (χ1) is 11.9. The topological polar surface area (TPSA) is 67.0 Å². The van der Waals surface area contributed by atoms with Crippen LogP contribution in [0.15, 0.2) is 75.2 Å². The van der Waals surface area contributed by atoms with Gasteiger partial charge in [0.05, 0.1) is 4.90 Å². The number of hydrogen-bond acceptors (Lipinski definition) is 3. The van der Waals surface area contributed by atoms with Crippen molar-refractivity contribution in [3.8, 4) is 0 Å². The number of benzene rings is 2. The van der Waals surface area contributed by atoms with Crippen LogP contribution in [0.25, 0.3) is 0 Å². The molecule has 0 aliphatic heterocycles. The normalized spacial score (nSPS) is 11.4. The summed E-state index contributed by atoms with van der Waals surface area (Å²) in [6, 6.07) is 17.8. The van der Waals surface area contributed by atoms with Gasteiger partial charge in [0.1, 0.15) is 4.90 Å². The molecular weight excluding hydrogens is 334 g/mol. The summed E-state index contributed by atoms with van der Waals surface area (Å²) in [6.45, 7) is 3.50. The van der Waals surface area contributed by atoms with Crippen LogP contribution in [0, 0.1) is 13.8 Å². The van der Waals surface area contributed by atoms with Gasteiger partial charge < -0.3 is 4.98 Å². The Morgan fingerprint density at radius 1 is 0.880 bits per heavy atom. The van der Waals surface area contributed by atoms with Crippen molar-refractivity contribution >= 4 is 9.84 Å². The first-order valence-corrected chi connectivity index (χ1v) is 9.46. The maximum Gasteiger partial charge on any atom is 0.267 e. The molecular formula is C20H19NO3S. The van der Waals surface area contributed by atoms with Gasteiger partial charge in [0.25, 0.3) is 5.56 Å². The molecule has 0 bridgehead atoms. The number of aromatic amines is 1. The van der Waals surface area contributed by atoms with Gasteiger partial charge in [0, 0.05) is 5.69 Å². The van der Waals surface area contributed by atoms with Crippen LogP contribution < -0.4 is 5.56 Å². The van der Waals surface area contributed by atoms with Crippen LogP contribution in [0.5, 0.6) is 0 Å². The Labute approximate surface area is 147 Å². The molecule has 0 aliphatic rings. The summed E-state index contributed by atoms with van der Waals surface area (Å²) in [6.07, 6.45) is 0.562. The van der Waals surface area contributed by atoms with Gasteiger partial charge in [-0.1, -0.05) is 48.5 Å². The number of aromatic nitrogens is 1. The third-order valence-electron chi connectivity index (χ3n) is 4.30.